The van der Waals surface area contributed by atoms with Crippen LogP contribution in [0.5, 0.6) is 0 Å². The largest absolute Gasteiger partial charge is 0.469 e. The first-order valence-electron chi connectivity index (χ1n) is 9.27. The highest BCUT2D eigenvalue weighted by molar-refractivity contribution is 5.68. The average Bonchev–Trinajstić information content (AvgIpc) is 3.12. The third-order valence-electron chi connectivity index (χ3n) is 5.27. The lowest BCUT2D eigenvalue weighted by Crippen LogP contribution is -2.19. The van der Waals surface area contributed by atoms with Crippen molar-refractivity contribution in [2.75, 3.05) is 7.11 Å². The molecule has 0 amide bonds. The SMILES string of the molecule is CCCCCc1cc([C@@H]2[C@@H](CCCC(=O)OC)[C@@H](O)C[C@H]2C)no1. The van der Waals surface area contributed by atoms with Gasteiger partial charge in [-0.15, -0.1) is 0 Å². The van der Waals surface area contributed by atoms with E-state index in [0.29, 0.717) is 12.3 Å². The zero-order valence-electron chi connectivity index (χ0n) is 15.2. The zero-order chi connectivity index (χ0) is 17.5. The maximum Gasteiger partial charge on any atom is 0.305 e. The van der Waals surface area contributed by atoms with Gasteiger partial charge in [-0.2, -0.15) is 0 Å². The Morgan fingerprint density at radius 2 is 2.21 bits per heavy atom. The van der Waals surface area contributed by atoms with Gasteiger partial charge in [0.25, 0.3) is 0 Å². The van der Waals surface area contributed by atoms with Gasteiger partial charge in [-0.05, 0) is 37.5 Å². The van der Waals surface area contributed by atoms with Gasteiger partial charge in [-0.3, -0.25) is 4.79 Å². The molecule has 0 unspecified atom stereocenters. The van der Waals surface area contributed by atoms with E-state index >= 15 is 0 Å². The number of aliphatic hydroxyl groups is 1. The fourth-order valence-electron chi connectivity index (χ4n) is 3.98. The molecule has 1 aromatic rings. The summed E-state index contributed by atoms with van der Waals surface area (Å²) in [7, 11) is 1.41. The van der Waals surface area contributed by atoms with E-state index in [1.807, 2.05) is 0 Å². The monoisotopic (exact) mass is 337 g/mol. The first-order valence-corrected chi connectivity index (χ1v) is 9.27. The van der Waals surface area contributed by atoms with Crippen molar-refractivity contribution in [3.8, 4) is 0 Å². The van der Waals surface area contributed by atoms with E-state index in [0.717, 1.165) is 43.6 Å². The van der Waals surface area contributed by atoms with E-state index in [9.17, 15) is 9.90 Å². The molecule has 136 valence electrons. The number of carbonyl (C=O) groups is 1. The number of hydrogen-bond acceptors (Lipinski definition) is 5. The third-order valence-corrected chi connectivity index (χ3v) is 5.27. The van der Waals surface area contributed by atoms with Gasteiger partial charge in [0.15, 0.2) is 0 Å². The Balaban J connectivity index is 1.98. The van der Waals surface area contributed by atoms with E-state index in [2.05, 4.69) is 25.1 Å². The smallest absolute Gasteiger partial charge is 0.305 e. The fraction of sp³-hybridized carbons (Fsp3) is 0.789. The van der Waals surface area contributed by atoms with Crippen molar-refractivity contribution < 1.29 is 19.2 Å². The van der Waals surface area contributed by atoms with Crippen LogP contribution in [-0.2, 0) is 16.0 Å². The van der Waals surface area contributed by atoms with Crippen LogP contribution in [0.1, 0.15) is 76.2 Å². The number of methoxy groups -OCH3 is 1. The highest BCUT2D eigenvalue weighted by Gasteiger charge is 2.42. The molecule has 1 fully saturated rings. The molecule has 1 aliphatic carbocycles. The predicted octanol–water partition coefficient (Wildman–Crippen LogP) is 3.85. The second-order valence-corrected chi connectivity index (χ2v) is 7.11. The van der Waals surface area contributed by atoms with Gasteiger partial charge in [0.1, 0.15) is 5.76 Å². The molecule has 5 nitrogen and oxygen atoms in total. The van der Waals surface area contributed by atoms with Crippen molar-refractivity contribution in [1.82, 2.24) is 5.16 Å². The van der Waals surface area contributed by atoms with Gasteiger partial charge in [-0.1, -0.05) is 31.8 Å². The summed E-state index contributed by atoms with van der Waals surface area (Å²) in [5.41, 5.74) is 0.966. The van der Waals surface area contributed by atoms with Crippen LogP contribution in [0.4, 0.5) is 0 Å². The topological polar surface area (TPSA) is 72.6 Å². The Labute approximate surface area is 144 Å². The number of rotatable bonds is 9. The van der Waals surface area contributed by atoms with Crippen molar-refractivity contribution in [2.45, 2.75) is 77.2 Å². The molecular weight excluding hydrogens is 306 g/mol. The highest BCUT2D eigenvalue weighted by Crippen LogP contribution is 2.46. The minimum absolute atomic E-state index is 0.137. The molecule has 1 aromatic heterocycles. The molecule has 0 spiro atoms. The molecule has 1 N–H and O–H groups in total. The number of ether oxygens (including phenoxy) is 1. The second-order valence-electron chi connectivity index (χ2n) is 7.11. The Hall–Kier alpha value is -1.36. The Morgan fingerprint density at radius 1 is 1.42 bits per heavy atom. The molecule has 0 radical (unpaired) electrons. The fourth-order valence-corrected chi connectivity index (χ4v) is 3.98. The van der Waals surface area contributed by atoms with Crippen molar-refractivity contribution in [3.63, 3.8) is 0 Å². The normalized spacial score (nSPS) is 26.7. The van der Waals surface area contributed by atoms with Gasteiger partial charge in [-0.25, -0.2) is 0 Å². The molecule has 24 heavy (non-hydrogen) atoms. The first kappa shape index (κ1) is 19.0. The first-order chi connectivity index (χ1) is 11.6. The summed E-state index contributed by atoms with van der Waals surface area (Å²) < 4.78 is 10.2. The minimum Gasteiger partial charge on any atom is -0.469 e. The highest BCUT2D eigenvalue weighted by atomic mass is 16.5. The van der Waals surface area contributed by atoms with Crippen LogP contribution in [0.2, 0.25) is 0 Å². The van der Waals surface area contributed by atoms with Gasteiger partial charge in [0.2, 0.25) is 0 Å². The van der Waals surface area contributed by atoms with Crippen LogP contribution in [0, 0.1) is 11.8 Å². The van der Waals surface area contributed by atoms with Crippen molar-refractivity contribution in [2.24, 2.45) is 11.8 Å². The number of aryl methyl sites for hydroxylation is 1. The number of esters is 1. The summed E-state index contributed by atoms with van der Waals surface area (Å²) in [6.07, 6.45) is 6.84. The Bertz CT molecular complexity index is 513. The Kier molecular flexibility index (Phi) is 7.28. The standard InChI is InChI=1S/C19H31NO4/c1-4-5-6-8-14-12-16(20-24-14)19-13(2)11-17(21)15(19)9-7-10-18(22)23-3/h12-13,15,17,19,21H,4-11H2,1-3H3/t13-,15+,17+,19+/m1/s1. The number of carbonyl (C=O) groups excluding carboxylic acids is 1. The molecule has 5 heteroatoms. The number of unbranched alkanes of at least 4 members (excludes halogenated alkanes) is 2. The maximum atomic E-state index is 11.3. The molecular formula is C19H31NO4. The molecule has 1 heterocycles. The third kappa shape index (κ3) is 4.82. The molecule has 0 bridgehead atoms. The lowest BCUT2D eigenvalue weighted by atomic mass is 9.84. The Morgan fingerprint density at radius 3 is 2.92 bits per heavy atom. The van der Waals surface area contributed by atoms with Gasteiger partial charge < -0.3 is 14.4 Å². The molecule has 4 atom stereocenters. The quantitative estimate of drug-likeness (QED) is 0.547. The van der Waals surface area contributed by atoms with Gasteiger partial charge in [0, 0.05) is 24.8 Å². The molecule has 2 rings (SSSR count). The zero-order valence-corrected chi connectivity index (χ0v) is 15.2. The number of hydrogen-bond donors (Lipinski definition) is 1. The van der Waals surface area contributed by atoms with Gasteiger partial charge >= 0.3 is 5.97 Å². The van der Waals surface area contributed by atoms with E-state index in [1.165, 1.54) is 20.0 Å². The lowest BCUT2D eigenvalue weighted by Gasteiger charge is -2.22. The summed E-state index contributed by atoms with van der Waals surface area (Å²) >= 11 is 0. The number of aliphatic hydroxyl groups excluding tert-OH is 1. The summed E-state index contributed by atoms with van der Waals surface area (Å²) in [5.74, 6) is 1.48. The van der Waals surface area contributed by atoms with Crippen LogP contribution < -0.4 is 0 Å². The van der Waals surface area contributed by atoms with Crippen LogP contribution in [0.3, 0.4) is 0 Å². The van der Waals surface area contributed by atoms with E-state index in [-0.39, 0.29) is 23.9 Å². The van der Waals surface area contributed by atoms with E-state index in [1.54, 1.807) is 0 Å². The molecule has 1 aliphatic rings. The second kappa shape index (κ2) is 9.21. The van der Waals surface area contributed by atoms with Crippen LogP contribution in [0.15, 0.2) is 10.6 Å². The lowest BCUT2D eigenvalue weighted by molar-refractivity contribution is -0.140. The summed E-state index contributed by atoms with van der Waals surface area (Å²) in [6.45, 7) is 4.35. The summed E-state index contributed by atoms with van der Waals surface area (Å²) in [4.78, 5) is 11.3. The van der Waals surface area contributed by atoms with Crippen molar-refractivity contribution >= 4 is 5.97 Å². The van der Waals surface area contributed by atoms with Crippen LogP contribution in [-0.4, -0.2) is 29.4 Å². The maximum absolute atomic E-state index is 11.3. The van der Waals surface area contributed by atoms with E-state index in [4.69, 9.17) is 9.26 Å². The number of nitrogens with zero attached hydrogens (tertiary/aromatic N) is 1. The van der Waals surface area contributed by atoms with Crippen LogP contribution in [0.25, 0.3) is 0 Å². The molecule has 1 saturated carbocycles. The molecule has 0 aliphatic heterocycles. The van der Waals surface area contributed by atoms with Crippen molar-refractivity contribution in [1.29, 1.82) is 0 Å². The van der Waals surface area contributed by atoms with E-state index < -0.39 is 0 Å². The van der Waals surface area contributed by atoms with Gasteiger partial charge in [0.05, 0.1) is 18.9 Å². The molecule has 0 saturated heterocycles. The van der Waals surface area contributed by atoms with Crippen molar-refractivity contribution in [3.05, 3.63) is 17.5 Å². The number of aromatic nitrogens is 1. The minimum atomic E-state index is -0.331. The summed E-state index contributed by atoms with van der Waals surface area (Å²) in [6, 6.07) is 2.07. The average molecular weight is 337 g/mol. The predicted molar refractivity (Wildman–Crippen MR) is 91.6 cm³/mol. The summed E-state index contributed by atoms with van der Waals surface area (Å²) in [5, 5.41) is 14.7. The van der Waals surface area contributed by atoms with Crippen LogP contribution >= 0.6 is 0 Å². The molecule has 0 aromatic carbocycles.